The van der Waals surface area contributed by atoms with Gasteiger partial charge in [0.1, 0.15) is 17.4 Å². The fourth-order valence-corrected chi connectivity index (χ4v) is 1.46. The van der Waals surface area contributed by atoms with Crippen LogP contribution in [0, 0.1) is 17.2 Å². The molecule has 1 aromatic carbocycles. The lowest BCUT2D eigenvalue weighted by atomic mass is 9.99. The predicted octanol–water partition coefficient (Wildman–Crippen LogP) is 3.09. The van der Waals surface area contributed by atoms with E-state index in [0.29, 0.717) is 5.56 Å². The van der Waals surface area contributed by atoms with Gasteiger partial charge in [0.2, 0.25) is 0 Å². The van der Waals surface area contributed by atoms with Crippen molar-refractivity contribution < 1.29 is 9.90 Å². The average molecular weight is 229 g/mol. The number of hydrogen-bond acceptors (Lipinski definition) is 3. The number of Topliss-reactive ketones (excluding diaryl/α,β-unsaturated/α-hetero) is 1. The monoisotopic (exact) mass is 229 g/mol. The second kappa shape index (κ2) is 5.86. The van der Waals surface area contributed by atoms with Gasteiger partial charge in [-0.25, -0.2) is 0 Å². The van der Waals surface area contributed by atoms with Crippen LogP contribution in [0.1, 0.15) is 25.8 Å². The Morgan fingerprint density at radius 3 is 2.41 bits per heavy atom. The summed E-state index contributed by atoms with van der Waals surface area (Å²) in [5, 5.41) is 18.9. The number of hydrogen-bond donors (Lipinski definition) is 1. The van der Waals surface area contributed by atoms with Gasteiger partial charge in [0.05, 0.1) is 0 Å². The summed E-state index contributed by atoms with van der Waals surface area (Å²) in [5.74, 6) is -0.392. The molecule has 0 heterocycles. The van der Waals surface area contributed by atoms with Crippen LogP contribution in [0.15, 0.2) is 35.9 Å². The highest BCUT2D eigenvalue weighted by Gasteiger charge is 2.17. The molecule has 3 heteroatoms. The number of rotatable bonds is 4. The van der Waals surface area contributed by atoms with Crippen LogP contribution < -0.4 is 0 Å². The van der Waals surface area contributed by atoms with Gasteiger partial charge in [-0.15, -0.1) is 0 Å². The summed E-state index contributed by atoms with van der Waals surface area (Å²) in [6.07, 6.45) is 0.264. The molecule has 0 unspecified atom stereocenters. The summed E-state index contributed by atoms with van der Waals surface area (Å²) in [6.45, 7) is 3.79. The molecule has 0 aliphatic heterocycles. The Bertz CT molecular complexity index is 467. The van der Waals surface area contributed by atoms with Crippen molar-refractivity contribution in [2.24, 2.45) is 5.92 Å². The van der Waals surface area contributed by atoms with Gasteiger partial charge in [-0.05, 0) is 5.92 Å². The van der Waals surface area contributed by atoms with Gasteiger partial charge in [0, 0.05) is 12.0 Å². The Hall–Kier alpha value is -2.08. The summed E-state index contributed by atoms with van der Waals surface area (Å²) in [5.41, 5.74) is 0.325. The maximum atomic E-state index is 11.8. The van der Waals surface area contributed by atoms with Crippen molar-refractivity contribution in [3.8, 4) is 6.07 Å². The van der Waals surface area contributed by atoms with Gasteiger partial charge < -0.3 is 5.11 Å². The summed E-state index contributed by atoms with van der Waals surface area (Å²) in [4.78, 5) is 11.8. The Morgan fingerprint density at radius 1 is 1.35 bits per heavy atom. The molecule has 0 radical (unpaired) electrons. The Morgan fingerprint density at radius 2 is 1.94 bits per heavy atom. The zero-order valence-electron chi connectivity index (χ0n) is 9.97. The number of carbonyl (C=O) groups excluding carboxylic acids is 1. The quantitative estimate of drug-likeness (QED) is 0.490. The van der Waals surface area contributed by atoms with Crippen molar-refractivity contribution in [1.82, 2.24) is 0 Å². The number of aliphatic hydroxyl groups excluding tert-OH is 1. The van der Waals surface area contributed by atoms with E-state index in [9.17, 15) is 9.90 Å². The van der Waals surface area contributed by atoms with E-state index in [1.165, 1.54) is 0 Å². The van der Waals surface area contributed by atoms with E-state index in [-0.39, 0.29) is 29.5 Å². The average Bonchev–Trinajstić information content (AvgIpc) is 2.30. The predicted molar refractivity (Wildman–Crippen MR) is 66.1 cm³/mol. The van der Waals surface area contributed by atoms with E-state index in [0.717, 1.165) is 0 Å². The minimum atomic E-state index is -0.316. The number of nitriles is 1. The van der Waals surface area contributed by atoms with Crippen LogP contribution >= 0.6 is 0 Å². The zero-order chi connectivity index (χ0) is 12.8. The molecule has 0 aliphatic carbocycles. The van der Waals surface area contributed by atoms with Gasteiger partial charge in [0.15, 0.2) is 5.78 Å². The Balaban J connectivity index is 3.08. The van der Waals surface area contributed by atoms with Crippen LogP contribution in [0.3, 0.4) is 0 Å². The first-order valence-corrected chi connectivity index (χ1v) is 5.48. The van der Waals surface area contributed by atoms with Crippen LogP contribution in [0.4, 0.5) is 0 Å². The second-order valence-electron chi connectivity index (χ2n) is 4.22. The van der Waals surface area contributed by atoms with E-state index < -0.39 is 0 Å². The standard InChI is InChI=1S/C14H15NO2/c1-10(2)8-13(16)12(9-15)14(17)11-6-4-3-5-7-11/h3-7,10,17H,8H2,1-2H3/b14-12-. The minimum Gasteiger partial charge on any atom is -0.506 e. The van der Waals surface area contributed by atoms with Crippen molar-refractivity contribution >= 4 is 11.5 Å². The van der Waals surface area contributed by atoms with E-state index in [1.54, 1.807) is 36.4 Å². The molecule has 1 rings (SSSR count). The molecule has 88 valence electrons. The first-order chi connectivity index (χ1) is 8.06. The molecule has 0 bridgehead atoms. The molecular weight excluding hydrogens is 214 g/mol. The number of benzene rings is 1. The molecule has 1 aromatic rings. The Kier molecular flexibility index (Phi) is 4.47. The fourth-order valence-electron chi connectivity index (χ4n) is 1.46. The van der Waals surface area contributed by atoms with Crippen LogP contribution in [0.25, 0.3) is 5.76 Å². The van der Waals surface area contributed by atoms with E-state index >= 15 is 0 Å². The summed E-state index contributed by atoms with van der Waals surface area (Å²) in [7, 11) is 0. The Labute approximate surface area is 101 Å². The van der Waals surface area contributed by atoms with Gasteiger partial charge in [-0.2, -0.15) is 5.26 Å². The van der Waals surface area contributed by atoms with E-state index in [4.69, 9.17) is 5.26 Å². The molecule has 0 amide bonds. The highest BCUT2D eigenvalue weighted by atomic mass is 16.3. The third kappa shape index (κ3) is 3.46. The lowest BCUT2D eigenvalue weighted by molar-refractivity contribution is -0.115. The van der Waals surface area contributed by atoms with E-state index in [1.807, 2.05) is 13.8 Å². The SMILES string of the molecule is CC(C)CC(=O)/C(C#N)=C(\O)c1ccccc1. The molecule has 0 aromatic heterocycles. The number of allylic oxidation sites excluding steroid dienone is 1. The summed E-state index contributed by atoms with van der Waals surface area (Å²) in [6, 6.07) is 10.4. The minimum absolute atomic E-state index is 0.162. The van der Waals surface area contributed by atoms with Crippen LogP contribution in [-0.4, -0.2) is 10.9 Å². The number of nitrogens with zero attached hydrogens (tertiary/aromatic N) is 1. The maximum Gasteiger partial charge on any atom is 0.177 e. The third-order valence-corrected chi connectivity index (χ3v) is 2.27. The first-order valence-electron chi connectivity index (χ1n) is 5.48. The summed E-state index contributed by atoms with van der Waals surface area (Å²) >= 11 is 0. The van der Waals surface area contributed by atoms with Crippen LogP contribution in [0.5, 0.6) is 0 Å². The highest BCUT2D eigenvalue weighted by molar-refractivity contribution is 6.04. The van der Waals surface area contributed by atoms with Gasteiger partial charge in [-0.1, -0.05) is 44.2 Å². The number of carbonyl (C=O) groups is 1. The molecule has 0 fully saturated rings. The highest BCUT2D eigenvalue weighted by Crippen LogP contribution is 2.18. The van der Waals surface area contributed by atoms with Crippen molar-refractivity contribution in [3.63, 3.8) is 0 Å². The van der Waals surface area contributed by atoms with Crippen molar-refractivity contribution in [1.29, 1.82) is 5.26 Å². The van der Waals surface area contributed by atoms with Crippen LogP contribution in [-0.2, 0) is 4.79 Å². The normalized spacial score (nSPS) is 11.9. The molecule has 0 saturated heterocycles. The number of ketones is 1. The van der Waals surface area contributed by atoms with Gasteiger partial charge >= 0.3 is 0 Å². The first kappa shape index (κ1) is 13.0. The lowest BCUT2D eigenvalue weighted by Crippen LogP contribution is -2.07. The van der Waals surface area contributed by atoms with Gasteiger partial charge in [-0.3, -0.25) is 4.79 Å². The lowest BCUT2D eigenvalue weighted by Gasteiger charge is -2.05. The zero-order valence-corrected chi connectivity index (χ0v) is 9.97. The fraction of sp³-hybridized carbons (Fsp3) is 0.286. The largest absolute Gasteiger partial charge is 0.506 e. The molecule has 0 aliphatic rings. The van der Waals surface area contributed by atoms with Crippen molar-refractivity contribution in [2.45, 2.75) is 20.3 Å². The topological polar surface area (TPSA) is 61.1 Å². The molecule has 3 nitrogen and oxygen atoms in total. The molecule has 0 atom stereocenters. The van der Waals surface area contributed by atoms with Crippen molar-refractivity contribution in [3.05, 3.63) is 41.5 Å². The van der Waals surface area contributed by atoms with Crippen LogP contribution in [0.2, 0.25) is 0 Å². The molecule has 0 saturated carbocycles. The number of aliphatic hydroxyl groups is 1. The van der Waals surface area contributed by atoms with Gasteiger partial charge in [0.25, 0.3) is 0 Å². The molecular formula is C14H15NO2. The molecule has 1 N–H and O–H groups in total. The van der Waals surface area contributed by atoms with Crippen molar-refractivity contribution in [2.75, 3.05) is 0 Å². The van der Waals surface area contributed by atoms with E-state index in [2.05, 4.69) is 0 Å². The summed E-state index contributed by atoms with van der Waals surface area (Å²) < 4.78 is 0. The second-order valence-corrected chi connectivity index (χ2v) is 4.22. The maximum absolute atomic E-state index is 11.8. The smallest absolute Gasteiger partial charge is 0.177 e. The molecule has 0 spiro atoms. The third-order valence-electron chi connectivity index (χ3n) is 2.27. The molecule has 17 heavy (non-hydrogen) atoms.